The van der Waals surface area contributed by atoms with Gasteiger partial charge in [0.15, 0.2) is 5.82 Å². The Morgan fingerprint density at radius 2 is 2.29 bits per heavy atom. The molecule has 0 saturated heterocycles. The Morgan fingerprint density at radius 3 is 2.86 bits per heavy atom. The van der Waals surface area contributed by atoms with Crippen LogP contribution in [0.25, 0.3) is 5.69 Å². The van der Waals surface area contributed by atoms with Crippen LogP contribution in [0.2, 0.25) is 0 Å². The molecule has 2 aromatic rings. The van der Waals surface area contributed by atoms with Gasteiger partial charge in [-0.3, -0.25) is 0 Å². The van der Waals surface area contributed by atoms with Crippen LogP contribution >= 0.6 is 0 Å². The molecule has 1 radical (unpaired) electrons. The van der Waals surface area contributed by atoms with Gasteiger partial charge in [-0.15, -0.1) is 6.07 Å². The molecule has 2 rings (SSSR count). The van der Waals surface area contributed by atoms with Crippen LogP contribution in [-0.2, 0) is 25.9 Å². The minimum Gasteiger partial charge on any atom is -0.245 e. The second kappa shape index (κ2) is 5.01. The van der Waals surface area contributed by atoms with Crippen LogP contribution in [0.1, 0.15) is 12.7 Å². The Bertz CT molecular complexity index is 383. The van der Waals surface area contributed by atoms with Gasteiger partial charge in [-0.1, -0.05) is 6.92 Å². The van der Waals surface area contributed by atoms with E-state index in [4.69, 9.17) is 0 Å². The van der Waals surface area contributed by atoms with Crippen molar-refractivity contribution in [3.8, 4) is 5.69 Å². The Morgan fingerprint density at radius 1 is 1.43 bits per heavy atom. The van der Waals surface area contributed by atoms with Crippen molar-refractivity contribution in [1.29, 1.82) is 0 Å². The van der Waals surface area contributed by atoms with E-state index in [9.17, 15) is 0 Å². The van der Waals surface area contributed by atoms with E-state index in [0.29, 0.717) is 0 Å². The van der Waals surface area contributed by atoms with Gasteiger partial charge in [-0.05, 0) is 5.69 Å². The number of rotatable bonds is 2. The maximum absolute atomic E-state index is 4.27. The summed E-state index contributed by atoms with van der Waals surface area (Å²) in [6, 6.07) is 10.8. The molecule has 0 bridgehead atoms. The first-order valence-corrected chi connectivity index (χ1v) is 4.28. The smallest absolute Gasteiger partial charge is 0.150 e. The Balaban J connectivity index is 0.000000980. The minimum atomic E-state index is 0. The topological polar surface area (TPSA) is 30.7 Å². The molecule has 1 aromatic carbocycles. The van der Waals surface area contributed by atoms with E-state index in [-0.39, 0.29) is 19.5 Å². The number of hydrogen-bond donors (Lipinski definition) is 0. The fraction of sp³-hybridized carbons (Fsp3) is 0.200. The van der Waals surface area contributed by atoms with Gasteiger partial charge >= 0.3 is 0 Å². The number of aromatic nitrogens is 3. The number of aryl methyl sites for hydroxylation is 1. The molecule has 0 fully saturated rings. The number of benzene rings is 1. The number of hydrogen-bond acceptors (Lipinski definition) is 2. The van der Waals surface area contributed by atoms with Crippen molar-refractivity contribution in [2.45, 2.75) is 13.3 Å². The zero-order chi connectivity index (χ0) is 9.10. The van der Waals surface area contributed by atoms with E-state index in [0.717, 1.165) is 17.9 Å². The van der Waals surface area contributed by atoms with Gasteiger partial charge in [0.05, 0.1) is 0 Å². The summed E-state index contributed by atoms with van der Waals surface area (Å²) in [6.07, 6.45) is 2.57. The van der Waals surface area contributed by atoms with Crippen molar-refractivity contribution in [2.24, 2.45) is 0 Å². The second-order valence-electron chi connectivity index (χ2n) is 2.71. The minimum absolute atomic E-state index is 0. The van der Waals surface area contributed by atoms with Crippen LogP contribution < -0.4 is 0 Å². The Labute approximate surface area is 95.9 Å². The summed E-state index contributed by atoms with van der Waals surface area (Å²) in [4.78, 5) is 4.14. The third-order valence-electron chi connectivity index (χ3n) is 1.79. The van der Waals surface area contributed by atoms with E-state index in [1.807, 2.05) is 31.2 Å². The summed E-state index contributed by atoms with van der Waals surface area (Å²) in [5, 5.41) is 4.27. The molecular formula is C10H10N3Rh-. The Kier molecular flexibility index (Phi) is 3.96. The van der Waals surface area contributed by atoms with E-state index >= 15 is 0 Å². The molecule has 14 heavy (non-hydrogen) atoms. The molecule has 1 aromatic heterocycles. The first-order chi connectivity index (χ1) is 6.40. The predicted molar refractivity (Wildman–Crippen MR) is 49.6 cm³/mol. The summed E-state index contributed by atoms with van der Waals surface area (Å²) in [6.45, 7) is 2.04. The molecule has 0 saturated carbocycles. The zero-order valence-corrected chi connectivity index (χ0v) is 9.41. The average Bonchev–Trinajstić information content (AvgIpc) is 2.67. The normalized spacial score (nSPS) is 9.50. The molecule has 0 aliphatic heterocycles. The average molecular weight is 275 g/mol. The zero-order valence-electron chi connectivity index (χ0n) is 7.77. The summed E-state index contributed by atoms with van der Waals surface area (Å²) >= 11 is 0. The summed E-state index contributed by atoms with van der Waals surface area (Å²) in [7, 11) is 0. The summed E-state index contributed by atoms with van der Waals surface area (Å²) < 4.78 is 1.73. The fourth-order valence-corrected chi connectivity index (χ4v) is 1.10. The third kappa shape index (κ3) is 2.27. The summed E-state index contributed by atoms with van der Waals surface area (Å²) in [5.74, 6) is 0.859. The molecule has 0 spiro atoms. The first-order valence-electron chi connectivity index (χ1n) is 4.28. The van der Waals surface area contributed by atoms with Gasteiger partial charge in [0.2, 0.25) is 0 Å². The molecule has 4 heteroatoms. The standard InChI is InChI=1S/C10H10N3.Rh/c1-2-10-11-8-13(12-10)9-6-4-3-5-7-9;/h3-6,8H,2H2,1H3;/q-1;. The van der Waals surface area contributed by atoms with Gasteiger partial charge in [0.1, 0.15) is 6.33 Å². The predicted octanol–water partition coefficient (Wildman–Crippen LogP) is 1.63. The molecular weight excluding hydrogens is 265 g/mol. The quantitative estimate of drug-likeness (QED) is 0.616. The van der Waals surface area contributed by atoms with Crippen molar-refractivity contribution < 1.29 is 19.5 Å². The maximum Gasteiger partial charge on any atom is 0.150 e. The van der Waals surface area contributed by atoms with Crippen LogP contribution in [0.15, 0.2) is 30.6 Å². The van der Waals surface area contributed by atoms with Gasteiger partial charge in [0.25, 0.3) is 0 Å². The van der Waals surface area contributed by atoms with Crippen molar-refractivity contribution in [3.63, 3.8) is 0 Å². The van der Waals surface area contributed by atoms with Gasteiger partial charge < -0.3 is 0 Å². The fourth-order valence-electron chi connectivity index (χ4n) is 1.10. The molecule has 0 aliphatic rings. The monoisotopic (exact) mass is 275 g/mol. The molecule has 3 nitrogen and oxygen atoms in total. The number of nitrogens with zero attached hydrogens (tertiary/aromatic N) is 3. The van der Waals surface area contributed by atoms with Crippen molar-refractivity contribution in [2.75, 3.05) is 0 Å². The molecule has 0 N–H and O–H groups in total. The van der Waals surface area contributed by atoms with Crippen LogP contribution in [0.3, 0.4) is 0 Å². The molecule has 1 heterocycles. The maximum atomic E-state index is 4.27. The summed E-state index contributed by atoms with van der Waals surface area (Å²) in [5.41, 5.74) is 0.926. The van der Waals surface area contributed by atoms with Crippen molar-refractivity contribution in [1.82, 2.24) is 14.8 Å². The van der Waals surface area contributed by atoms with Crippen molar-refractivity contribution in [3.05, 3.63) is 42.5 Å². The molecule has 0 amide bonds. The van der Waals surface area contributed by atoms with Crippen LogP contribution in [0.4, 0.5) is 0 Å². The molecule has 0 aliphatic carbocycles. The third-order valence-corrected chi connectivity index (χ3v) is 1.79. The second-order valence-corrected chi connectivity index (χ2v) is 2.71. The van der Waals surface area contributed by atoms with E-state index < -0.39 is 0 Å². The molecule has 75 valence electrons. The van der Waals surface area contributed by atoms with Crippen molar-refractivity contribution >= 4 is 0 Å². The van der Waals surface area contributed by atoms with Gasteiger partial charge in [-0.2, -0.15) is 29.4 Å². The largest absolute Gasteiger partial charge is 0.245 e. The van der Waals surface area contributed by atoms with E-state index in [1.165, 1.54) is 0 Å². The SMILES string of the molecule is CCc1ncn(-c2[c-]cccc2)n1.[Rh]. The van der Waals surface area contributed by atoms with Crippen LogP contribution in [-0.4, -0.2) is 14.8 Å². The van der Waals surface area contributed by atoms with E-state index in [2.05, 4.69) is 16.1 Å². The van der Waals surface area contributed by atoms with Crippen LogP contribution in [0, 0.1) is 6.07 Å². The number of para-hydroxylation sites is 1. The molecule has 0 atom stereocenters. The van der Waals surface area contributed by atoms with Crippen LogP contribution in [0.5, 0.6) is 0 Å². The van der Waals surface area contributed by atoms with Gasteiger partial charge in [-0.25, -0.2) is 9.67 Å². The Hall–Kier alpha value is -1.02. The van der Waals surface area contributed by atoms with E-state index in [1.54, 1.807) is 11.0 Å². The molecule has 0 unspecified atom stereocenters. The first kappa shape index (κ1) is 11.1. The van der Waals surface area contributed by atoms with Gasteiger partial charge in [0, 0.05) is 25.9 Å².